The second kappa shape index (κ2) is 5.58. The molecule has 0 aromatic carbocycles. The molecule has 0 aromatic heterocycles. The molecule has 88 valence electrons. The van der Waals surface area contributed by atoms with Gasteiger partial charge in [0.05, 0.1) is 0 Å². The summed E-state index contributed by atoms with van der Waals surface area (Å²) < 4.78 is 0. The van der Waals surface area contributed by atoms with Crippen LogP contribution >= 0.6 is 11.8 Å². The summed E-state index contributed by atoms with van der Waals surface area (Å²) in [6.07, 6.45) is 7.07. The van der Waals surface area contributed by atoms with Crippen LogP contribution in [0, 0.1) is 11.8 Å². The largest absolute Gasteiger partial charge is 0.311 e. The first-order chi connectivity index (χ1) is 7.27. The molecule has 2 rings (SSSR count). The molecule has 1 N–H and O–H groups in total. The molecule has 2 fully saturated rings. The Morgan fingerprint density at radius 2 is 1.73 bits per heavy atom. The van der Waals surface area contributed by atoms with Crippen molar-refractivity contribution in [1.82, 2.24) is 5.32 Å². The Kier molecular flexibility index (Phi) is 4.39. The van der Waals surface area contributed by atoms with Crippen LogP contribution < -0.4 is 5.32 Å². The third-order valence-electron chi connectivity index (χ3n) is 4.38. The fourth-order valence-corrected chi connectivity index (χ4v) is 4.09. The molecular formula is C13H25NS. The first-order valence-corrected chi connectivity index (χ1v) is 7.76. The van der Waals surface area contributed by atoms with E-state index in [1.807, 2.05) is 0 Å². The molecule has 0 spiro atoms. The molecule has 0 aromatic rings. The van der Waals surface area contributed by atoms with Crippen molar-refractivity contribution in [2.24, 2.45) is 11.8 Å². The Morgan fingerprint density at radius 3 is 2.47 bits per heavy atom. The molecule has 15 heavy (non-hydrogen) atoms. The highest BCUT2D eigenvalue weighted by Gasteiger charge is 2.28. The number of thioether (sulfide) groups is 1. The van der Waals surface area contributed by atoms with Crippen molar-refractivity contribution in [3.05, 3.63) is 0 Å². The van der Waals surface area contributed by atoms with Gasteiger partial charge in [-0.05, 0) is 42.6 Å². The molecule has 1 saturated heterocycles. The molecule has 1 heterocycles. The van der Waals surface area contributed by atoms with Crippen LogP contribution in [0.2, 0.25) is 0 Å². The average Bonchev–Trinajstić information content (AvgIpc) is 2.26. The summed E-state index contributed by atoms with van der Waals surface area (Å²) in [5, 5.41) is 3.92. The van der Waals surface area contributed by atoms with Crippen LogP contribution in [0.4, 0.5) is 0 Å². The molecule has 0 bridgehead atoms. The van der Waals surface area contributed by atoms with Crippen molar-refractivity contribution < 1.29 is 0 Å². The molecule has 0 amide bonds. The van der Waals surface area contributed by atoms with E-state index in [0.717, 1.165) is 23.9 Å². The Hall–Kier alpha value is 0.310. The van der Waals surface area contributed by atoms with Crippen LogP contribution in [0.1, 0.15) is 46.0 Å². The summed E-state index contributed by atoms with van der Waals surface area (Å²) in [5.74, 6) is 4.55. The van der Waals surface area contributed by atoms with Gasteiger partial charge in [0.15, 0.2) is 0 Å². The van der Waals surface area contributed by atoms with Gasteiger partial charge in [-0.3, -0.25) is 0 Å². The highest BCUT2D eigenvalue weighted by Crippen LogP contribution is 2.30. The molecule has 2 heteroatoms. The molecule has 1 aliphatic heterocycles. The third-order valence-corrected chi connectivity index (χ3v) is 5.43. The summed E-state index contributed by atoms with van der Waals surface area (Å²) in [4.78, 5) is 0. The Labute approximate surface area is 98.8 Å². The summed E-state index contributed by atoms with van der Waals surface area (Å²) >= 11 is 2.12. The number of hydrogen-bond acceptors (Lipinski definition) is 2. The van der Waals surface area contributed by atoms with Crippen LogP contribution in [0.25, 0.3) is 0 Å². The van der Waals surface area contributed by atoms with Crippen molar-refractivity contribution in [2.45, 2.75) is 58.0 Å². The van der Waals surface area contributed by atoms with Gasteiger partial charge < -0.3 is 5.32 Å². The van der Waals surface area contributed by atoms with Gasteiger partial charge in [-0.2, -0.15) is 11.8 Å². The zero-order valence-corrected chi connectivity index (χ0v) is 11.0. The Morgan fingerprint density at radius 1 is 1.00 bits per heavy atom. The third kappa shape index (κ3) is 3.13. The fourth-order valence-electron chi connectivity index (χ4n) is 2.98. The number of hydrogen-bond donors (Lipinski definition) is 1. The lowest BCUT2D eigenvalue weighted by Crippen LogP contribution is -2.46. The summed E-state index contributed by atoms with van der Waals surface area (Å²) in [6.45, 7) is 4.87. The molecule has 1 saturated carbocycles. The fraction of sp³-hybridized carbons (Fsp3) is 1.00. The van der Waals surface area contributed by atoms with Gasteiger partial charge in [0, 0.05) is 12.1 Å². The smallest absolute Gasteiger partial charge is 0.00978 e. The topological polar surface area (TPSA) is 12.0 Å². The molecule has 3 unspecified atom stereocenters. The van der Waals surface area contributed by atoms with Crippen molar-refractivity contribution in [3.8, 4) is 0 Å². The van der Waals surface area contributed by atoms with Crippen LogP contribution in [-0.4, -0.2) is 23.6 Å². The average molecular weight is 227 g/mol. The SMILES string of the molecule is CC1CCCC(NC2CCSCC2)C1C. The van der Waals surface area contributed by atoms with E-state index in [0.29, 0.717) is 0 Å². The second-order valence-electron chi connectivity index (χ2n) is 5.43. The van der Waals surface area contributed by atoms with E-state index in [1.165, 1.54) is 43.6 Å². The van der Waals surface area contributed by atoms with Crippen LogP contribution in [0.3, 0.4) is 0 Å². The first kappa shape index (κ1) is 11.8. The van der Waals surface area contributed by atoms with E-state index in [4.69, 9.17) is 0 Å². The minimum Gasteiger partial charge on any atom is -0.311 e. The monoisotopic (exact) mass is 227 g/mol. The van der Waals surface area contributed by atoms with Crippen molar-refractivity contribution in [3.63, 3.8) is 0 Å². The van der Waals surface area contributed by atoms with E-state index < -0.39 is 0 Å². The number of rotatable bonds is 2. The number of nitrogens with one attached hydrogen (secondary N) is 1. The van der Waals surface area contributed by atoms with Crippen molar-refractivity contribution in [1.29, 1.82) is 0 Å². The lowest BCUT2D eigenvalue weighted by atomic mass is 9.77. The predicted octanol–water partition coefficient (Wildman–Crippen LogP) is 3.30. The van der Waals surface area contributed by atoms with Crippen LogP contribution in [0.15, 0.2) is 0 Å². The van der Waals surface area contributed by atoms with Crippen LogP contribution in [0.5, 0.6) is 0 Å². The van der Waals surface area contributed by atoms with Gasteiger partial charge in [-0.1, -0.05) is 26.7 Å². The Bertz CT molecular complexity index is 189. The molecular weight excluding hydrogens is 202 g/mol. The maximum absolute atomic E-state index is 3.92. The minimum absolute atomic E-state index is 0.807. The predicted molar refractivity (Wildman–Crippen MR) is 69.4 cm³/mol. The van der Waals surface area contributed by atoms with Gasteiger partial charge >= 0.3 is 0 Å². The van der Waals surface area contributed by atoms with E-state index >= 15 is 0 Å². The maximum atomic E-state index is 3.92. The second-order valence-corrected chi connectivity index (χ2v) is 6.65. The summed E-state index contributed by atoms with van der Waals surface area (Å²) in [5.41, 5.74) is 0. The normalized spacial score (nSPS) is 39.2. The highest BCUT2D eigenvalue weighted by atomic mass is 32.2. The van der Waals surface area contributed by atoms with Gasteiger partial charge in [0.1, 0.15) is 0 Å². The lowest BCUT2D eigenvalue weighted by molar-refractivity contribution is 0.191. The summed E-state index contributed by atoms with van der Waals surface area (Å²) in [7, 11) is 0. The highest BCUT2D eigenvalue weighted by molar-refractivity contribution is 7.99. The van der Waals surface area contributed by atoms with E-state index in [9.17, 15) is 0 Å². The van der Waals surface area contributed by atoms with Gasteiger partial charge in [0.25, 0.3) is 0 Å². The van der Waals surface area contributed by atoms with Crippen LogP contribution in [-0.2, 0) is 0 Å². The van der Waals surface area contributed by atoms with Crippen molar-refractivity contribution in [2.75, 3.05) is 11.5 Å². The van der Waals surface area contributed by atoms with Crippen molar-refractivity contribution >= 4 is 11.8 Å². The quantitative estimate of drug-likeness (QED) is 0.777. The van der Waals surface area contributed by atoms with Gasteiger partial charge in [-0.25, -0.2) is 0 Å². The van der Waals surface area contributed by atoms with E-state index in [1.54, 1.807) is 0 Å². The van der Waals surface area contributed by atoms with Gasteiger partial charge in [0.2, 0.25) is 0 Å². The molecule has 1 nitrogen and oxygen atoms in total. The maximum Gasteiger partial charge on any atom is 0.00978 e. The molecule has 1 aliphatic carbocycles. The lowest BCUT2D eigenvalue weighted by Gasteiger charge is -2.38. The summed E-state index contributed by atoms with van der Waals surface area (Å²) in [6, 6.07) is 1.63. The van der Waals surface area contributed by atoms with E-state index in [-0.39, 0.29) is 0 Å². The zero-order chi connectivity index (χ0) is 10.7. The van der Waals surface area contributed by atoms with Gasteiger partial charge in [-0.15, -0.1) is 0 Å². The zero-order valence-electron chi connectivity index (χ0n) is 10.2. The standard InChI is InChI=1S/C13H25NS/c1-10-4-3-5-13(11(10)2)14-12-6-8-15-9-7-12/h10-14H,3-9H2,1-2H3. The minimum atomic E-state index is 0.807. The molecule has 2 aliphatic rings. The Balaban J connectivity index is 1.81. The molecule has 0 radical (unpaired) electrons. The molecule has 3 atom stereocenters. The first-order valence-electron chi connectivity index (χ1n) is 6.61. The van der Waals surface area contributed by atoms with E-state index in [2.05, 4.69) is 30.9 Å².